The number of aryl methyl sites for hydroxylation is 1. The topological polar surface area (TPSA) is 102 Å². The summed E-state index contributed by atoms with van der Waals surface area (Å²) in [7, 11) is -3.41. The molecule has 1 atom stereocenters. The number of nitrogen functional groups attached to an aromatic ring is 1. The molecule has 1 aromatic rings. The van der Waals surface area contributed by atoms with Crippen molar-refractivity contribution in [2.45, 2.75) is 50.1 Å². The third-order valence-corrected chi connectivity index (χ3v) is 4.82. The van der Waals surface area contributed by atoms with E-state index in [4.69, 9.17) is 5.73 Å². The Labute approximate surface area is 126 Å². The van der Waals surface area contributed by atoms with Gasteiger partial charge in [-0.05, 0) is 25.8 Å². The second-order valence-corrected chi connectivity index (χ2v) is 7.55. The SMILES string of the molecule is CCCCn1nc(NC2CCCNC2)c(S(C)(=O)=O)c1N. The van der Waals surface area contributed by atoms with Gasteiger partial charge in [-0.3, -0.25) is 0 Å². The minimum Gasteiger partial charge on any atom is -0.383 e. The summed E-state index contributed by atoms with van der Waals surface area (Å²) in [6.07, 6.45) is 5.16. The Bertz CT molecular complexity index is 576. The molecule has 21 heavy (non-hydrogen) atoms. The van der Waals surface area contributed by atoms with Crippen LogP contribution in [0, 0.1) is 0 Å². The number of nitrogens with zero attached hydrogens (tertiary/aromatic N) is 2. The van der Waals surface area contributed by atoms with Crippen LogP contribution in [0.4, 0.5) is 11.6 Å². The van der Waals surface area contributed by atoms with Crippen LogP contribution in [0.3, 0.4) is 0 Å². The molecule has 1 unspecified atom stereocenters. The lowest BCUT2D eigenvalue weighted by atomic mass is 10.1. The highest BCUT2D eigenvalue weighted by atomic mass is 32.2. The highest BCUT2D eigenvalue weighted by molar-refractivity contribution is 7.91. The number of hydrogen-bond donors (Lipinski definition) is 3. The largest absolute Gasteiger partial charge is 0.383 e. The summed E-state index contributed by atoms with van der Waals surface area (Å²) in [5.74, 6) is 0.622. The van der Waals surface area contributed by atoms with Gasteiger partial charge in [0.2, 0.25) is 0 Å². The number of piperidine rings is 1. The molecule has 1 fully saturated rings. The Hall–Kier alpha value is -1.28. The zero-order valence-electron chi connectivity index (χ0n) is 12.7. The van der Waals surface area contributed by atoms with E-state index in [0.717, 1.165) is 38.8 Å². The molecule has 0 radical (unpaired) electrons. The van der Waals surface area contributed by atoms with E-state index in [-0.39, 0.29) is 16.8 Å². The molecule has 120 valence electrons. The van der Waals surface area contributed by atoms with Crippen LogP contribution < -0.4 is 16.4 Å². The van der Waals surface area contributed by atoms with Gasteiger partial charge in [0.1, 0.15) is 5.82 Å². The lowest BCUT2D eigenvalue weighted by molar-refractivity contribution is 0.477. The second kappa shape index (κ2) is 6.65. The highest BCUT2D eigenvalue weighted by Gasteiger charge is 2.26. The average Bonchev–Trinajstić information content (AvgIpc) is 2.73. The molecule has 0 saturated carbocycles. The molecule has 0 aromatic carbocycles. The van der Waals surface area contributed by atoms with E-state index in [1.54, 1.807) is 4.68 Å². The number of nitrogens with one attached hydrogen (secondary N) is 2. The van der Waals surface area contributed by atoms with Crippen LogP contribution in [0.1, 0.15) is 32.6 Å². The molecule has 0 aliphatic carbocycles. The molecule has 1 aromatic heterocycles. The van der Waals surface area contributed by atoms with Gasteiger partial charge in [-0.1, -0.05) is 13.3 Å². The smallest absolute Gasteiger partial charge is 0.182 e. The molecular formula is C13H25N5O2S. The zero-order chi connectivity index (χ0) is 15.5. The summed E-state index contributed by atoms with van der Waals surface area (Å²) in [6, 6.07) is 0.188. The Morgan fingerprint density at radius 3 is 2.86 bits per heavy atom. The lowest BCUT2D eigenvalue weighted by Crippen LogP contribution is -2.38. The molecule has 4 N–H and O–H groups in total. The zero-order valence-corrected chi connectivity index (χ0v) is 13.5. The third kappa shape index (κ3) is 3.88. The predicted molar refractivity (Wildman–Crippen MR) is 84.2 cm³/mol. The van der Waals surface area contributed by atoms with E-state index >= 15 is 0 Å². The molecule has 0 spiro atoms. The van der Waals surface area contributed by atoms with Crippen molar-refractivity contribution in [2.24, 2.45) is 0 Å². The quantitative estimate of drug-likeness (QED) is 0.719. The van der Waals surface area contributed by atoms with Crippen LogP contribution in [0.5, 0.6) is 0 Å². The second-order valence-electron chi connectivity index (χ2n) is 5.60. The number of unbranched alkanes of at least 4 members (excludes halogenated alkanes) is 1. The van der Waals surface area contributed by atoms with Crippen LogP contribution in [-0.2, 0) is 16.4 Å². The van der Waals surface area contributed by atoms with Crippen molar-refractivity contribution in [1.29, 1.82) is 0 Å². The molecule has 0 bridgehead atoms. The maximum absolute atomic E-state index is 12.0. The molecule has 0 amide bonds. The van der Waals surface area contributed by atoms with Gasteiger partial charge in [-0.25, -0.2) is 13.1 Å². The molecule has 1 aliphatic heterocycles. The first-order valence-electron chi connectivity index (χ1n) is 7.47. The Morgan fingerprint density at radius 1 is 1.52 bits per heavy atom. The van der Waals surface area contributed by atoms with Gasteiger partial charge in [0, 0.05) is 25.4 Å². The Balaban J connectivity index is 2.29. The van der Waals surface area contributed by atoms with E-state index in [9.17, 15) is 8.42 Å². The molecule has 1 aliphatic rings. The molecule has 1 saturated heterocycles. The molecule has 8 heteroatoms. The molecule has 2 heterocycles. The van der Waals surface area contributed by atoms with Gasteiger partial charge >= 0.3 is 0 Å². The fourth-order valence-corrected chi connectivity index (χ4v) is 3.50. The van der Waals surface area contributed by atoms with Crippen molar-refractivity contribution in [3.8, 4) is 0 Å². The van der Waals surface area contributed by atoms with E-state index in [2.05, 4.69) is 22.7 Å². The van der Waals surface area contributed by atoms with Crippen molar-refractivity contribution in [2.75, 3.05) is 30.4 Å². The van der Waals surface area contributed by atoms with Gasteiger partial charge in [-0.15, -0.1) is 0 Å². The standard InChI is InChI=1S/C13H25N5O2S/c1-3-4-8-18-12(14)11(21(2,19)20)13(17-18)16-10-6-5-7-15-9-10/h10,15H,3-9,14H2,1-2H3,(H,16,17). The van der Waals surface area contributed by atoms with Gasteiger partial charge < -0.3 is 16.4 Å². The number of nitrogens with two attached hydrogens (primary N) is 1. The van der Waals surface area contributed by atoms with E-state index < -0.39 is 9.84 Å². The third-order valence-electron chi connectivity index (χ3n) is 3.68. The predicted octanol–water partition coefficient (Wildman–Crippen LogP) is 0.833. The number of aromatic nitrogens is 2. The maximum atomic E-state index is 12.0. The fraction of sp³-hybridized carbons (Fsp3) is 0.769. The first-order chi connectivity index (χ1) is 9.93. The highest BCUT2D eigenvalue weighted by Crippen LogP contribution is 2.28. The Morgan fingerprint density at radius 2 is 2.29 bits per heavy atom. The van der Waals surface area contributed by atoms with Crippen LogP contribution >= 0.6 is 0 Å². The van der Waals surface area contributed by atoms with Gasteiger partial charge in [-0.2, -0.15) is 5.10 Å². The number of anilines is 2. The van der Waals surface area contributed by atoms with E-state index in [1.807, 2.05) is 0 Å². The summed E-state index contributed by atoms with van der Waals surface area (Å²) in [6.45, 7) is 4.52. The summed E-state index contributed by atoms with van der Waals surface area (Å²) >= 11 is 0. The van der Waals surface area contributed by atoms with Crippen LogP contribution in [0.15, 0.2) is 4.90 Å². The van der Waals surface area contributed by atoms with E-state index in [0.29, 0.717) is 12.4 Å². The molecule has 7 nitrogen and oxygen atoms in total. The molecular weight excluding hydrogens is 290 g/mol. The van der Waals surface area contributed by atoms with Crippen molar-refractivity contribution in [3.63, 3.8) is 0 Å². The number of sulfone groups is 1. The van der Waals surface area contributed by atoms with Crippen molar-refractivity contribution >= 4 is 21.5 Å². The van der Waals surface area contributed by atoms with E-state index in [1.165, 1.54) is 6.26 Å². The summed E-state index contributed by atoms with van der Waals surface area (Å²) < 4.78 is 25.6. The maximum Gasteiger partial charge on any atom is 0.182 e. The first-order valence-corrected chi connectivity index (χ1v) is 9.36. The van der Waals surface area contributed by atoms with Crippen LogP contribution in [-0.4, -0.2) is 43.6 Å². The van der Waals surface area contributed by atoms with Gasteiger partial charge in [0.15, 0.2) is 20.6 Å². The lowest BCUT2D eigenvalue weighted by Gasteiger charge is -2.24. The van der Waals surface area contributed by atoms with Crippen LogP contribution in [0.2, 0.25) is 0 Å². The van der Waals surface area contributed by atoms with Crippen molar-refractivity contribution < 1.29 is 8.42 Å². The Kier molecular flexibility index (Phi) is 5.10. The van der Waals surface area contributed by atoms with Gasteiger partial charge in [0.25, 0.3) is 0 Å². The van der Waals surface area contributed by atoms with Crippen molar-refractivity contribution in [1.82, 2.24) is 15.1 Å². The van der Waals surface area contributed by atoms with Crippen molar-refractivity contribution in [3.05, 3.63) is 0 Å². The summed E-state index contributed by atoms with van der Waals surface area (Å²) in [4.78, 5) is 0.129. The first kappa shape index (κ1) is 16.1. The van der Waals surface area contributed by atoms with Gasteiger partial charge in [0.05, 0.1) is 0 Å². The average molecular weight is 315 g/mol. The minimum atomic E-state index is -3.41. The number of rotatable bonds is 6. The summed E-state index contributed by atoms with van der Waals surface area (Å²) in [5, 5.41) is 10.9. The normalized spacial score (nSPS) is 19.6. The van der Waals surface area contributed by atoms with Crippen LogP contribution in [0.25, 0.3) is 0 Å². The monoisotopic (exact) mass is 315 g/mol. The molecule has 2 rings (SSSR count). The number of hydrogen-bond acceptors (Lipinski definition) is 6. The minimum absolute atomic E-state index is 0.129. The summed E-state index contributed by atoms with van der Waals surface area (Å²) in [5.41, 5.74) is 6.00. The fourth-order valence-electron chi connectivity index (χ4n) is 2.57.